The summed E-state index contributed by atoms with van der Waals surface area (Å²) < 4.78 is 5.31. The highest BCUT2D eigenvalue weighted by Crippen LogP contribution is 2.25. The van der Waals surface area contributed by atoms with Gasteiger partial charge in [-0.2, -0.15) is 0 Å². The fourth-order valence-electron chi connectivity index (χ4n) is 2.35. The van der Waals surface area contributed by atoms with Crippen LogP contribution in [0.4, 0.5) is 4.79 Å². The zero-order chi connectivity index (χ0) is 14.5. The average Bonchev–Trinajstić information content (AvgIpc) is 2.76. The molecule has 0 bridgehead atoms. The zero-order valence-electron chi connectivity index (χ0n) is 12.4. The van der Waals surface area contributed by atoms with Crippen molar-refractivity contribution in [3.8, 4) is 0 Å². The molecule has 0 saturated carbocycles. The number of carbonyl (C=O) groups is 1. The summed E-state index contributed by atoms with van der Waals surface area (Å²) in [7, 11) is 0. The molecule has 1 rings (SSSR count). The van der Waals surface area contributed by atoms with Crippen LogP contribution in [0.25, 0.3) is 0 Å². The van der Waals surface area contributed by atoms with Gasteiger partial charge < -0.3 is 4.74 Å². The van der Waals surface area contributed by atoms with Gasteiger partial charge in [0, 0.05) is 12.1 Å². The third-order valence-corrected chi connectivity index (χ3v) is 3.27. The van der Waals surface area contributed by atoms with Gasteiger partial charge in [-0.05, 0) is 33.6 Å². The summed E-state index contributed by atoms with van der Waals surface area (Å²) in [6, 6.07) is -0.00757. The normalized spacial score (nSPS) is 19.4. The van der Waals surface area contributed by atoms with Gasteiger partial charge in [-0.1, -0.05) is 13.3 Å². The summed E-state index contributed by atoms with van der Waals surface area (Å²) in [5.41, 5.74) is -0.327. The molecule has 6 nitrogen and oxygen atoms in total. The van der Waals surface area contributed by atoms with E-state index in [1.807, 2.05) is 20.8 Å². The van der Waals surface area contributed by atoms with Crippen LogP contribution < -0.4 is 0 Å². The van der Waals surface area contributed by atoms with Gasteiger partial charge in [0.1, 0.15) is 0 Å². The van der Waals surface area contributed by atoms with E-state index in [1.165, 1.54) is 5.01 Å². The fourth-order valence-corrected chi connectivity index (χ4v) is 2.35. The monoisotopic (exact) mass is 271 g/mol. The Labute approximate surface area is 115 Å². The molecule has 19 heavy (non-hydrogen) atoms. The molecule has 1 saturated heterocycles. The first kappa shape index (κ1) is 15.7. The Balaban J connectivity index is 2.67. The average molecular weight is 271 g/mol. The van der Waals surface area contributed by atoms with Gasteiger partial charge in [0.25, 0.3) is 0 Å². The highest BCUT2D eigenvalue weighted by molar-refractivity contribution is 5.69. The summed E-state index contributed by atoms with van der Waals surface area (Å²) in [4.78, 5) is 24.5. The van der Waals surface area contributed by atoms with Crippen molar-refractivity contribution in [3.63, 3.8) is 0 Å². The SMILES string of the molecule is CCCCOC(=O)N(C1CCN(N=O)C1)C(C)(C)C. The first-order valence-electron chi connectivity index (χ1n) is 6.94. The van der Waals surface area contributed by atoms with Gasteiger partial charge in [0.2, 0.25) is 0 Å². The van der Waals surface area contributed by atoms with E-state index < -0.39 is 0 Å². The van der Waals surface area contributed by atoms with Crippen LogP contribution in [-0.2, 0) is 4.74 Å². The number of ether oxygens (including phenoxy) is 1. The van der Waals surface area contributed by atoms with Crippen molar-refractivity contribution in [2.45, 2.75) is 58.5 Å². The molecule has 6 heteroatoms. The van der Waals surface area contributed by atoms with Crippen LogP contribution in [0.15, 0.2) is 5.29 Å². The lowest BCUT2D eigenvalue weighted by Gasteiger charge is -2.39. The lowest BCUT2D eigenvalue weighted by Crippen LogP contribution is -2.52. The minimum absolute atomic E-state index is 0.00757. The Morgan fingerprint density at radius 1 is 1.47 bits per heavy atom. The predicted octanol–water partition coefficient (Wildman–Crippen LogP) is 2.78. The van der Waals surface area contributed by atoms with Crippen molar-refractivity contribution < 1.29 is 9.53 Å². The standard InChI is InChI=1S/C13H25N3O3/c1-5-6-9-19-12(17)16(13(2,3)4)11-7-8-15(10-11)14-18/h11H,5-10H2,1-4H3. The lowest BCUT2D eigenvalue weighted by molar-refractivity contribution is 0.0450. The first-order chi connectivity index (χ1) is 8.90. The van der Waals surface area contributed by atoms with E-state index in [0.29, 0.717) is 19.7 Å². The van der Waals surface area contributed by atoms with Crippen molar-refractivity contribution in [2.24, 2.45) is 5.29 Å². The zero-order valence-corrected chi connectivity index (χ0v) is 12.4. The third kappa shape index (κ3) is 4.36. The van der Waals surface area contributed by atoms with E-state index in [1.54, 1.807) is 4.90 Å². The van der Waals surface area contributed by atoms with Crippen molar-refractivity contribution in [3.05, 3.63) is 4.91 Å². The first-order valence-corrected chi connectivity index (χ1v) is 6.94. The smallest absolute Gasteiger partial charge is 0.410 e. The molecule has 1 fully saturated rings. The number of nitroso groups, excluding NO2 is 1. The van der Waals surface area contributed by atoms with Crippen LogP contribution >= 0.6 is 0 Å². The van der Waals surface area contributed by atoms with Gasteiger partial charge in [-0.3, -0.25) is 9.91 Å². The number of amides is 1. The molecule has 0 spiro atoms. The molecule has 1 aliphatic rings. The predicted molar refractivity (Wildman–Crippen MR) is 73.6 cm³/mol. The molecule has 0 radical (unpaired) electrons. The fraction of sp³-hybridized carbons (Fsp3) is 0.923. The van der Waals surface area contributed by atoms with Crippen molar-refractivity contribution >= 4 is 6.09 Å². The second kappa shape index (κ2) is 6.73. The number of unbranched alkanes of at least 4 members (excludes halogenated alkanes) is 1. The van der Waals surface area contributed by atoms with Gasteiger partial charge in [0.15, 0.2) is 0 Å². The maximum absolute atomic E-state index is 12.2. The van der Waals surface area contributed by atoms with Crippen LogP contribution in [0, 0.1) is 4.91 Å². The third-order valence-electron chi connectivity index (χ3n) is 3.27. The Hall–Kier alpha value is -1.33. The quantitative estimate of drug-likeness (QED) is 0.570. The Bertz CT molecular complexity index is 315. The molecule has 0 N–H and O–H groups in total. The van der Waals surface area contributed by atoms with Crippen molar-refractivity contribution in [1.82, 2.24) is 9.91 Å². The highest BCUT2D eigenvalue weighted by atomic mass is 16.6. The number of hydrogen-bond acceptors (Lipinski definition) is 4. The second-order valence-corrected chi connectivity index (χ2v) is 5.95. The van der Waals surface area contributed by atoms with Crippen LogP contribution in [0.5, 0.6) is 0 Å². The molecule has 1 aliphatic heterocycles. The summed E-state index contributed by atoms with van der Waals surface area (Å²) in [5.74, 6) is 0. The number of carbonyl (C=O) groups excluding carboxylic acids is 1. The Morgan fingerprint density at radius 2 is 2.16 bits per heavy atom. The number of hydrogen-bond donors (Lipinski definition) is 0. The molecule has 0 aromatic rings. The molecule has 0 aromatic carbocycles. The summed E-state index contributed by atoms with van der Waals surface area (Å²) in [6.07, 6.45) is 2.33. The summed E-state index contributed by atoms with van der Waals surface area (Å²) in [5, 5.41) is 4.40. The molecule has 1 heterocycles. The van der Waals surface area contributed by atoms with Crippen LogP contribution in [-0.4, -0.2) is 47.3 Å². The highest BCUT2D eigenvalue weighted by Gasteiger charge is 2.38. The minimum Gasteiger partial charge on any atom is -0.449 e. The van der Waals surface area contributed by atoms with Crippen LogP contribution in [0.1, 0.15) is 47.0 Å². The van der Waals surface area contributed by atoms with Gasteiger partial charge in [-0.15, -0.1) is 4.91 Å². The van der Waals surface area contributed by atoms with Gasteiger partial charge >= 0.3 is 6.09 Å². The van der Waals surface area contributed by atoms with E-state index in [0.717, 1.165) is 19.3 Å². The van der Waals surface area contributed by atoms with E-state index in [9.17, 15) is 9.70 Å². The minimum atomic E-state index is -0.327. The lowest BCUT2D eigenvalue weighted by atomic mass is 10.0. The summed E-state index contributed by atoms with van der Waals surface area (Å²) in [6.45, 7) is 9.53. The maximum atomic E-state index is 12.2. The Morgan fingerprint density at radius 3 is 2.63 bits per heavy atom. The van der Waals surface area contributed by atoms with E-state index in [-0.39, 0.29) is 17.7 Å². The topological polar surface area (TPSA) is 62.2 Å². The summed E-state index contributed by atoms with van der Waals surface area (Å²) >= 11 is 0. The van der Waals surface area contributed by atoms with E-state index in [2.05, 4.69) is 12.2 Å². The van der Waals surface area contributed by atoms with Crippen LogP contribution in [0.3, 0.4) is 0 Å². The van der Waals surface area contributed by atoms with Crippen molar-refractivity contribution in [2.75, 3.05) is 19.7 Å². The molecule has 1 unspecified atom stereocenters. The molecular weight excluding hydrogens is 246 g/mol. The van der Waals surface area contributed by atoms with E-state index >= 15 is 0 Å². The molecule has 0 aliphatic carbocycles. The molecule has 1 amide bonds. The second-order valence-electron chi connectivity index (χ2n) is 5.95. The van der Waals surface area contributed by atoms with Gasteiger partial charge in [-0.25, -0.2) is 4.79 Å². The van der Waals surface area contributed by atoms with Crippen LogP contribution in [0.2, 0.25) is 0 Å². The van der Waals surface area contributed by atoms with E-state index in [4.69, 9.17) is 4.74 Å². The maximum Gasteiger partial charge on any atom is 0.410 e. The molecular formula is C13H25N3O3. The molecule has 110 valence electrons. The number of nitrogens with zero attached hydrogens (tertiary/aromatic N) is 3. The number of rotatable bonds is 5. The largest absolute Gasteiger partial charge is 0.449 e. The van der Waals surface area contributed by atoms with Crippen molar-refractivity contribution in [1.29, 1.82) is 0 Å². The molecule has 1 atom stereocenters. The molecule has 0 aromatic heterocycles. The Kier molecular flexibility index (Phi) is 5.57. The van der Waals surface area contributed by atoms with Gasteiger partial charge in [0.05, 0.1) is 24.5 Å².